The Morgan fingerprint density at radius 2 is 2.08 bits per heavy atom. The molecule has 1 amide bonds. The molecule has 1 aromatic heterocycles. The number of aromatic amines is 1. The highest BCUT2D eigenvalue weighted by Gasteiger charge is 2.28. The van der Waals surface area contributed by atoms with E-state index in [1.165, 1.54) is 0 Å². The minimum atomic E-state index is 0.0732. The molecule has 24 heavy (non-hydrogen) atoms. The van der Waals surface area contributed by atoms with Crippen LogP contribution in [0.15, 0.2) is 18.2 Å². The molecule has 0 unspecified atom stereocenters. The van der Waals surface area contributed by atoms with Crippen LogP contribution < -0.4 is 9.47 Å². The molecule has 3 rings (SSSR count). The average Bonchev–Trinajstić information content (AvgIpc) is 3.01. The number of hydrogen-bond donors (Lipinski definition) is 1. The van der Waals surface area contributed by atoms with Crippen LogP contribution in [0, 0.1) is 0 Å². The second-order valence-electron chi connectivity index (χ2n) is 5.58. The molecule has 0 spiro atoms. The molecule has 0 saturated heterocycles. The number of amides is 1. The van der Waals surface area contributed by atoms with Gasteiger partial charge >= 0.3 is 0 Å². The van der Waals surface area contributed by atoms with Crippen molar-refractivity contribution in [2.24, 2.45) is 0 Å². The second kappa shape index (κ2) is 6.92. The van der Waals surface area contributed by atoms with Crippen molar-refractivity contribution in [1.82, 2.24) is 15.1 Å². The SMILES string of the molecule is COCCN1Cc2[nH]nc(-c3cc(OC)ccc3OC)c2CC1=O. The Hall–Kier alpha value is -2.54. The molecule has 1 aromatic carbocycles. The quantitative estimate of drug-likeness (QED) is 0.870. The lowest BCUT2D eigenvalue weighted by Gasteiger charge is -2.26. The number of methoxy groups -OCH3 is 3. The van der Waals surface area contributed by atoms with Crippen molar-refractivity contribution in [2.45, 2.75) is 13.0 Å². The molecule has 1 aliphatic heterocycles. The highest BCUT2D eigenvalue weighted by atomic mass is 16.5. The summed E-state index contributed by atoms with van der Waals surface area (Å²) in [7, 11) is 4.86. The number of hydrogen-bond acceptors (Lipinski definition) is 5. The first-order valence-corrected chi connectivity index (χ1v) is 7.73. The molecular weight excluding hydrogens is 310 g/mol. The highest BCUT2D eigenvalue weighted by molar-refractivity contribution is 5.84. The first kappa shape index (κ1) is 16.3. The van der Waals surface area contributed by atoms with Gasteiger partial charge in [0.2, 0.25) is 5.91 Å². The summed E-state index contributed by atoms with van der Waals surface area (Å²) in [5, 5.41) is 7.49. The fourth-order valence-corrected chi connectivity index (χ4v) is 2.89. The van der Waals surface area contributed by atoms with E-state index < -0.39 is 0 Å². The van der Waals surface area contributed by atoms with Gasteiger partial charge in [-0.3, -0.25) is 9.89 Å². The van der Waals surface area contributed by atoms with Crippen molar-refractivity contribution in [2.75, 3.05) is 34.5 Å². The van der Waals surface area contributed by atoms with E-state index in [1.807, 2.05) is 18.2 Å². The summed E-state index contributed by atoms with van der Waals surface area (Å²) in [4.78, 5) is 14.2. The van der Waals surface area contributed by atoms with Crippen LogP contribution in [-0.4, -0.2) is 55.5 Å². The van der Waals surface area contributed by atoms with Gasteiger partial charge in [-0.15, -0.1) is 0 Å². The first-order chi connectivity index (χ1) is 11.7. The standard InChI is InChI=1S/C17H21N3O4/c1-22-7-6-20-10-14-12(9-16(20)21)17(19-18-14)13-8-11(23-2)4-5-15(13)24-3/h4-5,8H,6-7,9-10H2,1-3H3,(H,18,19). The fourth-order valence-electron chi connectivity index (χ4n) is 2.89. The van der Waals surface area contributed by atoms with Crippen molar-refractivity contribution in [3.05, 3.63) is 29.5 Å². The number of aromatic nitrogens is 2. The Bertz CT molecular complexity index is 741. The van der Waals surface area contributed by atoms with Crippen LogP contribution in [0.2, 0.25) is 0 Å². The van der Waals surface area contributed by atoms with Gasteiger partial charge in [0.05, 0.1) is 45.2 Å². The van der Waals surface area contributed by atoms with E-state index in [0.29, 0.717) is 37.6 Å². The van der Waals surface area contributed by atoms with E-state index >= 15 is 0 Å². The molecule has 0 saturated carbocycles. The third kappa shape index (κ3) is 2.94. The molecule has 0 bridgehead atoms. The molecule has 2 heterocycles. The maximum Gasteiger partial charge on any atom is 0.227 e. The number of H-pyrrole nitrogens is 1. The normalized spacial score (nSPS) is 13.8. The third-order valence-corrected chi connectivity index (χ3v) is 4.21. The van der Waals surface area contributed by atoms with Crippen LogP contribution in [0.1, 0.15) is 11.3 Å². The van der Waals surface area contributed by atoms with Gasteiger partial charge in [-0.1, -0.05) is 0 Å². The van der Waals surface area contributed by atoms with E-state index in [9.17, 15) is 4.79 Å². The van der Waals surface area contributed by atoms with Crippen LogP contribution in [0.3, 0.4) is 0 Å². The molecule has 7 nitrogen and oxygen atoms in total. The number of ether oxygens (including phenoxy) is 3. The predicted molar refractivity (Wildman–Crippen MR) is 88.1 cm³/mol. The maximum atomic E-state index is 12.4. The molecule has 0 aliphatic carbocycles. The Labute approximate surface area is 140 Å². The summed E-state index contributed by atoms with van der Waals surface area (Å²) in [5.41, 5.74) is 3.42. The van der Waals surface area contributed by atoms with E-state index in [1.54, 1.807) is 26.2 Å². The zero-order valence-corrected chi connectivity index (χ0v) is 14.1. The zero-order chi connectivity index (χ0) is 17.1. The number of carbonyl (C=O) groups excluding carboxylic acids is 1. The molecule has 0 atom stereocenters. The summed E-state index contributed by atoms with van der Waals surface area (Å²) < 4.78 is 15.8. The number of fused-ring (bicyclic) bond motifs is 1. The summed E-state index contributed by atoms with van der Waals surface area (Å²) in [6.07, 6.45) is 0.311. The van der Waals surface area contributed by atoms with Gasteiger partial charge in [0.1, 0.15) is 11.5 Å². The van der Waals surface area contributed by atoms with Crippen molar-refractivity contribution in [1.29, 1.82) is 0 Å². The molecule has 2 aromatic rings. The Kier molecular flexibility index (Phi) is 4.71. The molecule has 0 radical (unpaired) electrons. The predicted octanol–water partition coefficient (Wildman–Crippen LogP) is 1.63. The van der Waals surface area contributed by atoms with Crippen molar-refractivity contribution < 1.29 is 19.0 Å². The van der Waals surface area contributed by atoms with Gasteiger partial charge in [-0.25, -0.2) is 0 Å². The second-order valence-corrected chi connectivity index (χ2v) is 5.58. The van der Waals surface area contributed by atoms with Gasteiger partial charge in [0, 0.05) is 24.8 Å². The van der Waals surface area contributed by atoms with E-state index in [0.717, 1.165) is 22.5 Å². The Morgan fingerprint density at radius 3 is 2.79 bits per heavy atom. The summed E-state index contributed by atoms with van der Waals surface area (Å²) in [5.74, 6) is 1.48. The summed E-state index contributed by atoms with van der Waals surface area (Å²) >= 11 is 0. The Morgan fingerprint density at radius 1 is 1.25 bits per heavy atom. The van der Waals surface area contributed by atoms with Crippen LogP contribution in [0.25, 0.3) is 11.3 Å². The van der Waals surface area contributed by atoms with Crippen molar-refractivity contribution in [3.63, 3.8) is 0 Å². The van der Waals surface area contributed by atoms with E-state index in [2.05, 4.69) is 10.2 Å². The average molecular weight is 331 g/mol. The molecular formula is C17H21N3O4. The maximum absolute atomic E-state index is 12.4. The van der Waals surface area contributed by atoms with Crippen LogP contribution in [0.5, 0.6) is 11.5 Å². The lowest BCUT2D eigenvalue weighted by molar-refractivity contribution is -0.132. The zero-order valence-electron chi connectivity index (χ0n) is 14.1. The number of benzene rings is 1. The van der Waals surface area contributed by atoms with Crippen molar-refractivity contribution >= 4 is 5.91 Å². The van der Waals surface area contributed by atoms with Gasteiger partial charge in [-0.2, -0.15) is 5.10 Å². The van der Waals surface area contributed by atoms with Gasteiger partial charge < -0.3 is 19.1 Å². The highest BCUT2D eigenvalue weighted by Crippen LogP contribution is 2.36. The molecule has 128 valence electrons. The van der Waals surface area contributed by atoms with E-state index in [4.69, 9.17) is 14.2 Å². The molecule has 1 aliphatic rings. The van der Waals surface area contributed by atoms with Crippen molar-refractivity contribution in [3.8, 4) is 22.8 Å². The minimum absolute atomic E-state index is 0.0732. The first-order valence-electron chi connectivity index (χ1n) is 7.73. The number of nitrogens with one attached hydrogen (secondary N) is 1. The number of nitrogens with zero attached hydrogens (tertiary/aromatic N) is 2. The molecule has 7 heteroatoms. The van der Waals surface area contributed by atoms with Gasteiger partial charge in [-0.05, 0) is 18.2 Å². The minimum Gasteiger partial charge on any atom is -0.497 e. The van der Waals surface area contributed by atoms with Crippen LogP contribution in [0.4, 0.5) is 0 Å². The lowest BCUT2D eigenvalue weighted by Crippen LogP contribution is -2.38. The largest absolute Gasteiger partial charge is 0.497 e. The lowest BCUT2D eigenvalue weighted by atomic mass is 9.98. The number of rotatable bonds is 6. The fraction of sp³-hybridized carbons (Fsp3) is 0.412. The van der Waals surface area contributed by atoms with Crippen LogP contribution in [-0.2, 0) is 22.5 Å². The van der Waals surface area contributed by atoms with Gasteiger partial charge in [0.25, 0.3) is 0 Å². The van der Waals surface area contributed by atoms with E-state index in [-0.39, 0.29) is 5.91 Å². The topological polar surface area (TPSA) is 76.7 Å². The Balaban J connectivity index is 1.96. The molecule has 1 N–H and O–H groups in total. The summed E-state index contributed by atoms with van der Waals surface area (Å²) in [6.45, 7) is 1.61. The smallest absolute Gasteiger partial charge is 0.227 e. The van der Waals surface area contributed by atoms with Crippen LogP contribution >= 0.6 is 0 Å². The molecule has 0 fully saturated rings. The summed E-state index contributed by atoms with van der Waals surface area (Å²) in [6, 6.07) is 5.54. The number of carbonyl (C=O) groups is 1. The monoisotopic (exact) mass is 331 g/mol. The van der Waals surface area contributed by atoms with Gasteiger partial charge in [0.15, 0.2) is 0 Å². The third-order valence-electron chi connectivity index (χ3n) is 4.21.